The number of allylic oxidation sites excluding steroid dienone is 1. The lowest BCUT2D eigenvalue weighted by Gasteiger charge is -2.29. The number of hydrogen-bond acceptors (Lipinski definition) is 1. The first kappa shape index (κ1) is 14.0. The number of carbonyl (C=O) groups is 1. The Morgan fingerprint density at radius 3 is 2.00 bits per heavy atom. The number of rotatable bonds is 2. The minimum atomic E-state index is -4.83. The molecule has 5 heteroatoms. The van der Waals surface area contributed by atoms with Gasteiger partial charge in [-0.2, -0.15) is 13.2 Å². The zero-order valence-corrected chi connectivity index (χ0v) is 9.27. The topological polar surface area (TPSA) is 29.1 Å². The second-order valence-corrected chi connectivity index (χ2v) is 4.34. The molecule has 0 rings (SSSR count). The Balaban J connectivity index is 4.65. The summed E-state index contributed by atoms with van der Waals surface area (Å²) in [6, 6.07) is -0.628. The van der Waals surface area contributed by atoms with Crippen molar-refractivity contribution >= 4 is 5.91 Å². The van der Waals surface area contributed by atoms with Crippen LogP contribution in [-0.4, -0.2) is 18.1 Å². The predicted molar refractivity (Wildman–Crippen MR) is 52.3 cm³/mol. The zero-order valence-electron chi connectivity index (χ0n) is 9.27. The molecule has 0 spiro atoms. The van der Waals surface area contributed by atoms with E-state index in [4.69, 9.17) is 0 Å². The number of alkyl halides is 3. The van der Waals surface area contributed by atoms with Gasteiger partial charge in [-0.1, -0.05) is 32.9 Å². The number of nitrogens with one attached hydrogen (secondary N) is 1. The van der Waals surface area contributed by atoms with Gasteiger partial charge < -0.3 is 5.32 Å². The van der Waals surface area contributed by atoms with Crippen molar-refractivity contribution in [2.75, 3.05) is 0 Å². The Hall–Kier alpha value is -1.00. The molecule has 0 aromatic rings. The van der Waals surface area contributed by atoms with Crippen LogP contribution < -0.4 is 5.32 Å². The maximum absolute atomic E-state index is 12.0. The van der Waals surface area contributed by atoms with E-state index in [0.29, 0.717) is 0 Å². The summed E-state index contributed by atoms with van der Waals surface area (Å²) < 4.78 is 36.0. The summed E-state index contributed by atoms with van der Waals surface area (Å²) >= 11 is 0. The third-order valence-electron chi connectivity index (χ3n) is 1.86. The molecule has 0 heterocycles. The second-order valence-electron chi connectivity index (χ2n) is 4.34. The zero-order chi connectivity index (χ0) is 12.3. The normalized spacial score (nSPS) is 15.4. The molecule has 0 aromatic heterocycles. The summed E-state index contributed by atoms with van der Waals surface area (Å²) in [5.74, 6) is -1.90. The van der Waals surface area contributed by atoms with Gasteiger partial charge in [0.2, 0.25) is 0 Å². The van der Waals surface area contributed by atoms with E-state index < -0.39 is 23.5 Å². The van der Waals surface area contributed by atoms with Crippen molar-refractivity contribution < 1.29 is 18.0 Å². The average molecular weight is 223 g/mol. The maximum atomic E-state index is 12.0. The van der Waals surface area contributed by atoms with Gasteiger partial charge in [-0.3, -0.25) is 4.79 Å². The van der Waals surface area contributed by atoms with Gasteiger partial charge in [0.15, 0.2) is 0 Å². The fourth-order valence-corrected chi connectivity index (χ4v) is 0.969. The molecule has 1 atom stereocenters. The van der Waals surface area contributed by atoms with Crippen molar-refractivity contribution in [2.45, 2.75) is 39.9 Å². The average Bonchev–Trinajstić information content (AvgIpc) is 1.99. The highest BCUT2D eigenvalue weighted by atomic mass is 19.4. The van der Waals surface area contributed by atoms with Gasteiger partial charge in [0.25, 0.3) is 0 Å². The summed E-state index contributed by atoms with van der Waals surface area (Å²) in [7, 11) is 0. The number of amides is 1. The van der Waals surface area contributed by atoms with Gasteiger partial charge in [-0.15, -0.1) is 0 Å². The van der Waals surface area contributed by atoms with Crippen molar-refractivity contribution in [3.63, 3.8) is 0 Å². The molecule has 2 nitrogen and oxygen atoms in total. The van der Waals surface area contributed by atoms with E-state index in [0.717, 1.165) is 0 Å². The van der Waals surface area contributed by atoms with Gasteiger partial charge in [0.05, 0.1) is 6.04 Å². The minimum absolute atomic E-state index is 0.451. The smallest absolute Gasteiger partial charge is 0.342 e. The van der Waals surface area contributed by atoms with Crippen molar-refractivity contribution in [3.8, 4) is 0 Å². The SMILES string of the molecule is C/C=C/[C@@H](NC(=O)C(F)(F)F)C(C)(C)C. The summed E-state index contributed by atoms with van der Waals surface area (Å²) in [6.45, 7) is 6.97. The lowest BCUT2D eigenvalue weighted by molar-refractivity contribution is -0.174. The van der Waals surface area contributed by atoms with Crippen LogP contribution >= 0.6 is 0 Å². The molecule has 1 amide bonds. The molecule has 0 aromatic carbocycles. The quantitative estimate of drug-likeness (QED) is 0.716. The van der Waals surface area contributed by atoms with Crippen LogP contribution in [0, 0.1) is 5.41 Å². The van der Waals surface area contributed by atoms with Crippen LogP contribution in [0.5, 0.6) is 0 Å². The largest absolute Gasteiger partial charge is 0.471 e. The summed E-state index contributed by atoms with van der Waals surface area (Å²) in [5.41, 5.74) is -0.451. The molecule has 0 aliphatic heterocycles. The second kappa shape index (κ2) is 4.68. The Morgan fingerprint density at radius 1 is 1.27 bits per heavy atom. The minimum Gasteiger partial charge on any atom is -0.342 e. The maximum Gasteiger partial charge on any atom is 0.471 e. The first-order valence-corrected chi connectivity index (χ1v) is 4.59. The van der Waals surface area contributed by atoms with E-state index in [9.17, 15) is 18.0 Å². The highest BCUT2D eigenvalue weighted by Gasteiger charge is 2.40. The molecule has 0 saturated carbocycles. The van der Waals surface area contributed by atoms with Crippen LogP contribution in [0.4, 0.5) is 13.2 Å². The monoisotopic (exact) mass is 223 g/mol. The Morgan fingerprint density at radius 2 is 1.73 bits per heavy atom. The van der Waals surface area contributed by atoms with Crippen molar-refractivity contribution in [2.24, 2.45) is 5.41 Å². The Kier molecular flexibility index (Phi) is 4.37. The van der Waals surface area contributed by atoms with Crippen LogP contribution in [0.25, 0.3) is 0 Å². The summed E-state index contributed by atoms with van der Waals surface area (Å²) in [5, 5.41) is 1.95. The Bertz CT molecular complexity index is 250. The van der Waals surface area contributed by atoms with Crippen LogP contribution in [0.2, 0.25) is 0 Å². The van der Waals surface area contributed by atoms with Crippen LogP contribution in [0.15, 0.2) is 12.2 Å². The van der Waals surface area contributed by atoms with Crippen molar-refractivity contribution in [1.29, 1.82) is 0 Å². The highest BCUT2D eigenvalue weighted by Crippen LogP contribution is 2.22. The van der Waals surface area contributed by atoms with Crippen molar-refractivity contribution in [3.05, 3.63) is 12.2 Å². The van der Waals surface area contributed by atoms with Crippen LogP contribution in [0.3, 0.4) is 0 Å². The first-order chi connectivity index (χ1) is 6.59. The molecule has 0 aliphatic rings. The summed E-state index contributed by atoms with van der Waals surface area (Å²) in [6.07, 6.45) is -1.67. The molecular weight excluding hydrogens is 207 g/mol. The molecule has 0 radical (unpaired) electrons. The molecule has 0 unspecified atom stereocenters. The predicted octanol–water partition coefficient (Wildman–Crippen LogP) is 2.66. The fraction of sp³-hybridized carbons (Fsp3) is 0.700. The lowest BCUT2D eigenvalue weighted by Crippen LogP contribution is -2.47. The molecule has 15 heavy (non-hydrogen) atoms. The van der Waals surface area contributed by atoms with E-state index in [1.165, 1.54) is 0 Å². The van der Waals surface area contributed by atoms with Crippen molar-refractivity contribution in [1.82, 2.24) is 5.32 Å². The standard InChI is InChI=1S/C10H16F3NO/c1-5-6-7(9(2,3)4)14-8(15)10(11,12)13/h5-7H,1-4H3,(H,14,15)/b6-5+/t7-/m1/s1. The molecular formula is C10H16F3NO. The first-order valence-electron chi connectivity index (χ1n) is 4.59. The Labute approximate surface area is 87.5 Å². The third-order valence-corrected chi connectivity index (χ3v) is 1.86. The molecule has 0 aliphatic carbocycles. The van der Waals surface area contributed by atoms with Gasteiger partial charge in [-0.05, 0) is 12.3 Å². The molecule has 1 N–H and O–H groups in total. The van der Waals surface area contributed by atoms with Gasteiger partial charge in [0.1, 0.15) is 0 Å². The lowest BCUT2D eigenvalue weighted by atomic mass is 9.86. The van der Waals surface area contributed by atoms with E-state index in [1.807, 2.05) is 5.32 Å². The van der Waals surface area contributed by atoms with Crippen LogP contribution in [-0.2, 0) is 4.79 Å². The van der Waals surface area contributed by atoms with Crippen LogP contribution in [0.1, 0.15) is 27.7 Å². The number of hydrogen-bond donors (Lipinski definition) is 1. The van der Waals surface area contributed by atoms with E-state index in [-0.39, 0.29) is 0 Å². The number of carbonyl (C=O) groups excluding carboxylic acids is 1. The van der Waals surface area contributed by atoms with Gasteiger partial charge in [0, 0.05) is 0 Å². The molecule has 88 valence electrons. The van der Waals surface area contributed by atoms with Gasteiger partial charge >= 0.3 is 12.1 Å². The molecule has 0 bridgehead atoms. The van der Waals surface area contributed by atoms with Gasteiger partial charge in [-0.25, -0.2) is 0 Å². The summed E-state index contributed by atoms with van der Waals surface area (Å²) in [4.78, 5) is 10.7. The fourth-order valence-electron chi connectivity index (χ4n) is 0.969. The third kappa shape index (κ3) is 4.85. The highest BCUT2D eigenvalue weighted by molar-refractivity contribution is 5.82. The molecule has 0 saturated heterocycles. The number of halogens is 3. The van der Waals surface area contributed by atoms with E-state index >= 15 is 0 Å². The van der Waals surface area contributed by atoms with E-state index in [1.54, 1.807) is 39.8 Å². The molecule has 0 fully saturated rings. The van der Waals surface area contributed by atoms with E-state index in [2.05, 4.69) is 0 Å².